The fourth-order valence-corrected chi connectivity index (χ4v) is 3.22. The predicted molar refractivity (Wildman–Crippen MR) is 120 cm³/mol. The van der Waals surface area contributed by atoms with Gasteiger partial charge in [0, 0.05) is 31.6 Å². The Balaban J connectivity index is 1.66. The summed E-state index contributed by atoms with van der Waals surface area (Å²) in [6.07, 6.45) is 0.429. The fraction of sp³-hybridized carbons (Fsp3) is 0.227. The second kappa shape index (κ2) is 11.5. The molecule has 3 N–H and O–H groups in total. The van der Waals surface area contributed by atoms with E-state index in [-0.39, 0.29) is 36.4 Å². The SMILES string of the molecule is CC(=O)N(NCc1cccc(F)c1Cl)[C@@H](CN)CON(C=O)c1cc(-c2ccccc2)on1. The molecule has 3 rings (SSSR count). The van der Waals surface area contributed by atoms with Crippen molar-refractivity contribution < 1.29 is 23.3 Å². The zero-order valence-electron chi connectivity index (χ0n) is 17.8. The lowest BCUT2D eigenvalue weighted by atomic mass is 10.2. The minimum Gasteiger partial charge on any atom is -0.354 e. The number of carbonyl (C=O) groups is 2. The summed E-state index contributed by atoms with van der Waals surface area (Å²) in [6.45, 7) is 1.30. The van der Waals surface area contributed by atoms with E-state index in [1.165, 1.54) is 24.1 Å². The standard InChI is InChI=1S/C22H23ClFN5O4/c1-15(31)29(26-12-17-8-5-9-19(24)22(17)23)18(11-25)13-32-28(14-30)21-10-20(33-27-21)16-6-3-2-4-7-16/h2-10,14,18,26H,11-13,25H2,1H3/t18-/m0/s1. The Kier molecular flexibility index (Phi) is 8.50. The summed E-state index contributed by atoms with van der Waals surface area (Å²) in [5.41, 5.74) is 9.98. The Bertz CT molecular complexity index is 1080. The van der Waals surface area contributed by atoms with Gasteiger partial charge in [0.25, 0.3) is 0 Å². The first-order chi connectivity index (χ1) is 15.9. The minimum atomic E-state index is -0.655. The van der Waals surface area contributed by atoms with E-state index < -0.39 is 11.9 Å². The predicted octanol–water partition coefficient (Wildman–Crippen LogP) is 2.91. The van der Waals surface area contributed by atoms with Gasteiger partial charge in [-0.1, -0.05) is 59.2 Å². The Labute approximate surface area is 194 Å². The van der Waals surface area contributed by atoms with Crippen molar-refractivity contribution in [3.05, 3.63) is 71.0 Å². The number of aromatic nitrogens is 1. The van der Waals surface area contributed by atoms with Crippen LogP contribution in [0.4, 0.5) is 10.2 Å². The average Bonchev–Trinajstić information content (AvgIpc) is 3.31. The van der Waals surface area contributed by atoms with Crippen molar-refractivity contribution >= 4 is 29.7 Å². The lowest BCUT2D eigenvalue weighted by molar-refractivity contribution is -0.137. The van der Waals surface area contributed by atoms with E-state index in [1.807, 2.05) is 30.3 Å². The molecule has 1 heterocycles. The summed E-state index contributed by atoms with van der Waals surface area (Å²) >= 11 is 5.98. The molecule has 0 saturated carbocycles. The first-order valence-electron chi connectivity index (χ1n) is 10.0. The van der Waals surface area contributed by atoms with E-state index in [9.17, 15) is 14.0 Å². The number of halogens is 2. The van der Waals surface area contributed by atoms with Crippen LogP contribution in [0.25, 0.3) is 11.3 Å². The Morgan fingerprint density at radius 1 is 1.30 bits per heavy atom. The molecule has 0 bridgehead atoms. The second-order valence-corrected chi connectivity index (χ2v) is 7.35. The van der Waals surface area contributed by atoms with Crippen LogP contribution in [0.2, 0.25) is 5.02 Å². The average molecular weight is 476 g/mol. The third-order valence-electron chi connectivity index (χ3n) is 4.73. The second-order valence-electron chi connectivity index (χ2n) is 6.97. The van der Waals surface area contributed by atoms with Crippen LogP contribution in [-0.2, 0) is 21.0 Å². The zero-order chi connectivity index (χ0) is 23.8. The number of hydrazine groups is 1. The zero-order valence-corrected chi connectivity index (χ0v) is 18.5. The maximum absolute atomic E-state index is 13.7. The molecule has 2 amide bonds. The number of benzene rings is 2. The van der Waals surface area contributed by atoms with Crippen molar-refractivity contribution in [3.8, 4) is 11.3 Å². The molecule has 2 aromatic carbocycles. The monoisotopic (exact) mass is 475 g/mol. The van der Waals surface area contributed by atoms with Gasteiger partial charge in [0.1, 0.15) is 5.82 Å². The highest BCUT2D eigenvalue weighted by atomic mass is 35.5. The minimum absolute atomic E-state index is 0.0181. The number of nitrogens with one attached hydrogen (secondary N) is 1. The summed E-state index contributed by atoms with van der Waals surface area (Å²) in [5.74, 6) is -0.330. The number of nitrogens with two attached hydrogens (primary N) is 1. The number of hydrogen-bond acceptors (Lipinski definition) is 7. The van der Waals surface area contributed by atoms with E-state index in [2.05, 4.69) is 10.6 Å². The third-order valence-corrected chi connectivity index (χ3v) is 5.15. The van der Waals surface area contributed by atoms with Crippen LogP contribution in [-0.4, -0.2) is 41.7 Å². The smallest absolute Gasteiger partial charge is 0.239 e. The van der Waals surface area contributed by atoms with E-state index in [0.717, 1.165) is 10.6 Å². The molecule has 0 fully saturated rings. The van der Waals surface area contributed by atoms with Gasteiger partial charge in [-0.3, -0.25) is 19.4 Å². The summed E-state index contributed by atoms with van der Waals surface area (Å²) in [7, 11) is 0. The van der Waals surface area contributed by atoms with E-state index >= 15 is 0 Å². The quantitative estimate of drug-likeness (QED) is 0.324. The number of carbonyl (C=O) groups excluding carboxylic acids is 2. The number of anilines is 1. The molecule has 0 aliphatic heterocycles. The van der Waals surface area contributed by atoms with E-state index in [1.54, 1.807) is 12.1 Å². The van der Waals surface area contributed by atoms with Crippen LogP contribution in [0.15, 0.2) is 59.1 Å². The van der Waals surface area contributed by atoms with Crippen LogP contribution < -0.4 is 16.2 Å². The Morgan fingerprint density at radius 3 is 2.73 bits per heavy atom. The molecule has 3 aromatic rings. The van der Waals surface area contributed by atoms with Crippen molar-refractivity contribution in [1.82, 2.24) is 15.6 Å². The van der Waals surface area contributed by atoms with Gasteiger partial charge >= 0.3 is 0 Å². The first-order valence-corrected chi connectivity index (χ1v) is 10.4. The highest BCUT2D eigenvalue weighted by molar-refractivity contribution is 6.31. The molecular weight excluding hydrogens is 453 g/mol. The molecule has 1 aromatic heterocycles. The van der Waals surface area contributed by atoms with Crippen molar-refractivity contribution in [1.29, 1.82) is 0 Å². The van der Waals surface area contributed by atoms with E-state index in [4.69, 9.17) is 26.7 Å². The molecular formula is C22H23ClFN5O4. The molecule has 0 aliphatic carbocycles. The first kappa shape index (κ1) is 24.3. The van der Waals surface area contributed by atoms with Gasteiger partial charge in [0.15, 0.2) is 5.76 Å². The molecule has 174 valence electrons. The molecule has 0 spiro atoms. The molecule has 0 saturated heterocycles. The van der Waals surface area contributed by atoms with Crippen molar-refractivity contribution in [2.24, 2.45) is 5.73 Å². The highest BCUT2D eigenvalue weighted by Crippen LogP contribution is 2.24. The lowest BCUT2D eigenvalue weighted by Crippen LogP contribution is -2.54. The normalized spacial score (nSPS) is 11.8. The molecule has 1 atom stereocenters. The van der Waals surface area contributed by atoms with Gasteiger partial charge in [-0.2, -0.15) is 5.06 Å². The van der Waals surface area contributed by atoms with Gasteiger partial charge in [0.2, 0.25) is 18.1 Å². The maximum atomic E-state index is 13.7. The van der Waals surface area contributed by atoms with Crippen LogP contribution in [0.3, 0.4) is 0 Å². The van der Waals surface area contributed by atoms with Crippen LogP contribution in [0, 0.1) is 5.82 Å². The number of hydrogen-bond donors (Lipinski definition) is 2. The molecule has 0 radical (unpaired) electrons. The summed E-state index contributed by atoms with van der Waals surface area (Å²) in [5, 5.41) is 5.96. The fourth-order valence-electron chi connectivity index (χ4n) is 3.03. The van der Waals surface area contributed by atoms with Crippen LogP contribution in [0.1, 0.15) is 12.5 Å². The number of amides is 2. The van der Waals surface area contributed by atoms with Gasteiger partial charge in [-0.05, 0) is 11.6 Å². The van der Waals surface area contributed by atoms with Crippen molar-refractivity contribution in [2.45, 2.75) is 19.5 Å². The molecule has 11 heteroatoms. The van der Waals surface area contributed by atoms with Gasteiger partial charge in [0.05, 0.1) is 17.7 Å². The summed E-state index contributed by atoms with van der Waals surface area (Å²) < 4.78 is 19.0. The molecule has 9 nitrogen and oxygen atoms in total. The van der Waals surface area contributed by atoms with Gasteiger partial charge in [-0.25, -0.2) is 9.82 Å². The maximum Gasteiger partial charge on any atom is 0.239 e. The topological polar surface area (TPSA) is 114 Å². The number of nitrogens with zero attached hydrogens (tertiary/aromatic N) is 3. The third kappa shape index (κ3) is 6.14. The molecule has 0 unspecified atom stereocenters. The summed E-state index contributed by atoms with van der Waals surface area (Å²) in [6, 6.07) is 14.5. The highest BCUT2D eigenvalue weighted by Gasteiger charge is 2.23. The Morgan fingerprint density at radius 2 is 2.06 bits per heavy atom. The Hall–Kier alpha value is -3.31. The van der Waals surface area contributed by atoms with E-state index in [0.29, 0.717) is 17.7 Å². The van der Waals surface area contributed by atoms with Crippen LogP contribution >= 0.6 is 11.6 Å². The van der Waals surface area contributed by atoms with Crippen molar-refractivity contribution in [3.63, 3.8) is 0 Å². The summed E-state index contributed by atoms with van der Waals surface area (Å²) in [4.78, 5) is 29.3. The van der Waals surface area contributed by atoms with Gasteiger partial charge in [-0.15, -0.1) is 0 Å². The largest absolute Gasteiger partial charge is 0.354 e. The number of rotatable bonds is 11. The lowest BCUT2D eigenvalue weighted by Gasteiger charge is -2.31. The molecule has 33 heavy (non-hydrogen) atoms. The number of hydroxylamine groups is 1. The molecule has 0 aliphatic rings. The van der Waals surface area contributed by atoms with Crippen LogP contribution in [0.5, 0.6) is 0 Å². The van der Waals surface area contributed by atoms with Gasteiger partial charge < -0.3 is 10.3 Å². The van der Waals surface area contributed by atoms with Crippen molar-refractivity contribution in [2.75, 3.05) is 18.2 Å².